The summed E-state index contributed by atoms with van der Waals surface area (Å²) in [7, 11) is -10.9. The SMILES string of the molecule is CC/C=C\C/C=C\C/C=C\C/C=C\CCCCCCC(=O)OC[C@H](COP(=O)(O)OP(=O)(O)OC[C@H]1O[C@@H](n2ccc(N)nc2=O)C(O)[C@H]1O)OC(=O)CCC/C=C\C/C=C\C/C=C\C/C=C\CCCCC. The number of ether oxygens (including phenoxy) is 3. The fraction of sp³-hybridized carbons (Fsp3) is 0.577. The van der Waals surface area contributed by atoms with Crippen molar-refractivity contribution in [3.63, 3.8) is 0 Å². The summed E-state index contributed by atoms with van der Waals surface area (Å²) in [6.07, 6.45) is 43.5. The average Bonchev–Trinajstić information content (AvgIpc) is 3.62. The largest absolute Gasteiger partial charge is 0.481 e. The van der Waals surface area contributed by atoms with Gasteiger partial charge in [-0.25, -0.2) is 13.9 Å². The zero-order valence-electron chi connectivity index (χ0n) is 42.2. The Labute approximate surface area is 426 Å². The van der Waals surface area contributed by atoms with Gasteiger partial charge in [0.15, 0.2) is 12.3 Å². The third kappa shape index (κ3) is 31.3. The summed E-state index contributed by atoms with van der Waals surface area (Å²) in [5.41, 5.74) is 4.58. The lowest BCUT2D eigenvalue weighted by molar-refractivity contribution is -0.161. The van der Waals surface area contributed by atoms with Crippen molar-refractivity contribution >= 4 is 33.4 Å². The minimum Gasteiger partial charge on any atom is -0.462 e. The molecule has 1 aliphatic rings. The molecule has 1 fully saturated rings. The number of esters is 2. The van der Waals surface area contributed by atoms with Crippen LogP contribution >= 0.6 is 15.6 Å². The van der Waals surface area contributed by atoms with Crippen LogP contribution in [0.15, 0.2) is 114 Å². The molecule has 18 nitrogen and oxygen atoms in total. The summed E-state index contributed by atoms with van der Waals surface area (Å²) in [5.74, 6) is -1.40. The normalized spacial score (nSPS) is 19.9. The molecule has 0 amide bonds. The van der Waals surface area contributed by atoms with Gasteiger partial charge in [-0.3, -0.25) is 23.2 Å². The lowest BCUT2D eigenvalue weighted by Crippen LogP contribution is -2.36. The van der Waals surface area contributed by atoms with Crippen molar-refractivity contribution in [2.24, 2.45) is 0 Å². The number of allylic oxidation sites excluding steroid dienone is 16. The van der Waals surface area contributed by atoms with Crippen molar-refractivity contribution in [1.29, 1.82) is 0 Å². The quantitative estimate of drug-likeness (QED) is 0.0177. The lowest BCUT2D eigenvalue weighted by atomic mass is 10.1. The van der Waals surface area contributed by atoms with E-state index in [0.717, 1.165) is 87.8 Å². The molecule has 7 atom stereocenters. The Morgan fingerprint density at radius 3 is 1.74 bits per heavy atom. The van der Waals surface area contributed by atoms with Crippen LogP contribution < -0.4 is 11.4 Å². The Kier molecular flexibility index (Phi) is 34.7. The number of phosphoric acid groups is 2. The second-order valence-electron chi connectivity index (χ2n) is 16.9. The van der Waals surface area contributed by atoms with Gasteiger partial charge in [0, 0.05) is 19.0 Å². The van der Waals surface area contributed by atoms with Crippen LogP contribution in [-0.4, -0.2) is 85.7 Å². The van der Waals surface area contributed by atoms with E-state index in [4.69, 9.17) is 29.0 Å². The molecule has 404 valence electrons. The molecule has 1 aromatic rings. The number of nitrogen functional groups attached to an aromatic ring is 1. The van der Waals surface area contributed by atoms with Gasteiger partial charge in [0.1, 0.15) is 30.7 Å². The summed E-state index contributed by atoms with van der Waals surface area (Å²) in [6, 6.07) is 1.24. The number of unbranched alkanes of at least 4 members (excludes halogenated alkanes) is 8. The summed E-state index contributed by atoms with van der Waals surface area (Å²) in [5, 5.41) is 20.9. The molecule has 1 aromatic heterocycles. The summed E-state index contributed by atoms with van der Waals surface area (Å²) in [4.78, 5) is 61.9. The average molecular weight is 1050 g/mol. The molecule has 72 heavy (non-hydrogen) atoms. The number of hydrogen-bond donors (Lipinski definition) is 5. The van der Waals surface area contributed by atoms with Gasteiger partial charge >= 0.3 is 33.3 Å². The van der Waals surface area contributed by atoms with Gasteiger partial charge < -0.3 is 39.9 Å². The van der Waals surface area contributed by atoms with Crippen LogP contribution in [0.5, 0.6) is 0 Å². The maximum absolute atomic E-state index is 12.8. The van der Waals surface area contributed by atoms with E-state index in [9.17, 15) is 43.5 Å². The van der Waals surface area contributed by atoms with Crippen molar-refractivity contribution < 1.29 is 66.3 Å². The Hall–Kier alpha value is -4.32. The van der Waals surface area contributed by atoms with Crippen LogP contribution in [0.2, 0.25) is 0 Å². The highest BCUT2D eigenvalue weighted by Crippen LogP contribution is 2.60. The summed E-state index contributed by atoms with van der Waals surface area (Å²) < 4.78 is 56.7. The van der Waals surface area contributed by atoms with E-state index in [-0.39, 0.29) is 18.7 Å². The highest BCUT2D eigenvalue weighted by atomic mass is 31.3. The summed E-state index contributed by atoms with van der Waals surface area (Å²) in [6.45, 7) is 1.92. The van der Waals surface area contributed by atoms with Crippen LogP contribution in [0.4, 0.5) is 5.82 Å². The number of hydrogen-bond acceptors (Lipinski definition) is 15. The monoisotopic (exact) mass is 1050 g/mol. The molecular weight excluding hydrogens is 969 g/mol. The minimum absolute atomic E-state index is 0.0372. The predicted molar refractivity (Wildman–Crippen MR) is 279 cm³/mol. The number of anilines is 1. The second kappa shape index (κ2) is 39.2. The van der Waals surface area contributed by atoms with Gasteiger partial charge in [-0.2, -0.15) is 9.29 Å². The van der Waals surface area contributed by atoms with Crippen molar-refractivity contribution in [2.45, 2.75) is 173 Å². The molecule has 6 N–H and O–H groups in total. The van der Waals surface area contributed by atoms with E-state index in [2.05, 4.69) is 108 Å². The molecule has 3 unspecified atom stereocenters. The molecule has 2 heterocycles. The van der Waals surface area contributed by atoms with E-state index >= 15 is 0 Å². The number of aliphatic hydroxyl groups excluding tert-OH is 2. The lowest BCUT2D eigenvalue weighted by Gasteiger charge is -2.21. The highest BCUT2D eigenvalue weighted by Gasteiger charge is 2.46. The van der Waals surface area contributed by atoms with Gasteiger partial charge in [-0.05, 0) is 96.0 Å². The first-order chi connectivity index (χ1) is 34.7. The number of rotatable bonds is 40. The molecule has 0 spiro atoms. The molecule has 1 aliphatic heterocycles. The first-order valence-electron chi connectivity index (χ1n) is 25.2. The molecule has 1 saturated heterocycles. The van der Waals surface area contributed by atoms with Gasteiger partial charge in [0.2, 0.25) is 0 Å². The number of nitrogens with two attached hydrogens (primary N) is 1. The Morgan fingerprint density at radius 1 is 0.681 bits per heavy atom. The van der Waals surface area contributed by atoms with Gasteiger partial charge in [0.05, 0.1) is 13.2 Å². The molecule has 0 saturated carbocycles. The number of carbonyl (C=O) groups excluding carboxylic acids is 2. The Bertz CT molecular complexity index is 2080. The fourth-order valence-corrected chi connectivity index (χ4v) is 8.88. The van der Waals surface area contributed by atoms with Crippen LogP contribution in [-0.2, 0) is 46.3 Å². The maximum Gasteiger partial charge on any atom is 0.481 e. The molecule has 20 heteroatoms. The molecule has 0 radical (unpaired) electrons. The number of nitrogens with zero attached hydrogens (tertiary/aromatic N) is 2. The standard InChI is InChI=1S/C52H81N3O15P2/c1-3-5-7-9-11-13-15-17-19-21-23-25-27-29-31-33-35-37-47(56)65-41-44(68-48(57)38-36-34-32-30-28-26-24-22-20-18-16-14-12-10-8-6-4-2)42-66-71(61,62)70-72(63,64)67-43-45-49(58)50(59)51(69-45)55-40-39-46(53)54-52(55)60/h5,7,11-14,17-20,23-26,30,32,39-40,44-45,49-51,58-59H,3-4,6,8-10,15-16,21-22,27-29,31,33-38,41-43H2,1-2H3,(H,61,62)(H,63,64)(H2,53,54,60)/b7-5-,13-11-,14-12-,19-17-,20-18-,25-23-,26-24-,32-30-/t44-,45-,49+,50?,51-/m1/s1. The van der Waals surface area contributed by atoms with Crippen molar-refractivity contribution in [3.05, 3.63) is 120 Å². The van der Waals surface area contributed by atoms with E-state index in [0.29, 0.717) is 19.3 Å². The molecule has 0 aromatic carbocycles. The van der Waals surface area contributed by atoms with E-state index < -0.39 is 83.7 Å². The maximum atomic E-state index is 12.8. The number of phosphoric ester groups is 2. The number of carbonyl (C=O) groups is 2. The van der Waals surface area contributed by atoms with Crippen molar-refractivity contribution in [2.75, 3.05) is 25.6 Å². The van der Waals surface area contributed by atoms with Gasteiger partial charge in [-0.1, -0.05) is 137 Å². The molecular formula is C52H81N3O15P2. The van der Waals surface area contributed by atoms with Crippen LogP contribution in [0, 0.1) is 0 Å². The Balaban J connectivity index is 1.85. The molecule has 0 aliphatic carbocycles. The third-order valence-electron chi connectivity index (χ3n) is 10.7. The third-order valence-corrected chi connectivity index (χ3v) is 13.3. The zero-order valence-corrected chi connectivity index (χ0v) is 44.0. The van der Waals surface area contributed by atoms with E-state index in [1.165, 1.54) is 25.3 Å². The van der Waals surface area contributed by atoms with E-state index in [1.54, 1.807) is 0 Å². The smallest absolute Gasteiger partial charge is 0.462 e. The van der Waals surface area contributed by atoms with E-state index in [1.807, 2.05) is 12.2 Å². The van der Waals surface area contributed by atoms with Crippen LogP contribution in [0.1, 0.15) is 148 Å². The topological polar surface area (TPSA) is 265 Å². The first-order valence-corrected chi connectivity index (χ1v) is 28.2. The number of aliphatic hydroxyl groups is 2. The van der Waals surface area contributed by atoms with Crippen LogP contribution in [0.3, 0.4) is 0 Å². The summed E-state index contributed by atoms with van der Waals surface area (Å²) >= 11 is 0. The van der Waals surface area contributed by atoms with Crippen LogP contribution in [0.25, 0.3) is 0 Å². The molecule has 0 bridgehead atoms. The van der Waals surface area contributed by atoms with Gasteiger partial charge in [-0.15, -0.1) is 0 Å². The first kappa shape index (κ1) is 63.8. The Morgan fingerprint density at radius 2 is 1.18 bits per heavy atom. The predicted octanol–water partition coefficient (Wildman–Crippen LogP) is 10.4. The zero-order chi connectivity index (χ0) is 52.7. The number of aromatic nitrogens is 2. The minimum atomic E-state index is -5.45. The second-order valence-corrected chi connectivity index (χ2v) is 20.0. The fourth-order valence-electron chi connectivity index (χ4n) is 6.77. The van der Waals surface area contributed by atoms with Crippen molar-refractivity contribution in [3.8, 4) is 0 Å². The van der Waals surface area contributed by atoms with Crippen molar-refractivity contribution in [1.82, 2.24) is 9.55 Å². The van der Waals surface area contributed by atoms with Gasteiger partial charge in [0.25, 0.3) is 0 Å². The highest BCUT2D eigenvalue weighted by molar-refractivity contribution is 7.61. The molecule has 2 rings (SSSR count).